The van der Waals surface area contributed by atoms with Crippen molar-refractivity contribution in [3.05, 3.63) is 95.6 Å². The third-order valence-corrected chi connectivity index (χ3v) is 4.12. The standard InChI is InChI=1S/C25H18O4/c1-2-3-18-4-9-20(10-5-18)21-13-15-23(16-14-21)29-25(28)22-11-6-19(7-12-22)8-17-24(26)27/h4-17H,1H3,(H,26,27)/b17-8+. The number of esters is 1. The second-order valence-electron chi connectivity index (χ2n) is 6.16. The molecule has 0 saturated carbocycles. The molecule has 4 heteroatoms. The molecule has 0 aliphatic heterocycles. The predicted octanol–water partition coefficient (Wildman–Crippen LogP) is 5.04. The van der Waals surface area contributed by atoms with Gasteiger partial charge in [0, 0.05) is 11.6 Å². The van der Waals surface area contributed by atoms with Crippen molar-refractivity contribution in [2.24, 2.45) is 0 Å². The molecule has 4 nitrogen and oxygen atoms in total. The first-order valence-electron chi connectivity index (χ1n) is 8.91. The summed E-state index contributed by atoms with van der Waals surface area (Å²) >= 11 is 0. The molecule has 3 rings (SSSR count). The van der Waals surface area contributed by atoms with Crippen LogP contribution in [0.3, 0.4) is 0 Å². The van der Waals surface area contributed by atoms with Crippen LogP contribution >= 0.6 is 0 Å². The molecular weight excluding hydrogens is 364 g/mol. The summed E-state index contributed by atoms with van der Waals surface area (Å²) < 4.78 is 5.41. The zero-order valence-corrected chi connectivity index (χ0v) is 15.8. The van der Waals surface area contributed by atoms with E-state index in [1.54, 1.807) is 43.3 Å². The Morgan fingerprint density at radius 1 is 0.862 bits per heavy atom. The highest BCUT2D eigenvalue weighted by Gasteiger charge is 2.08. The van der Waals surface area contributed by atoms with Crippen LogP contribution in [0.25, 0.3) is 17.2 Å². The molecule has 29 heavy (non-hydrogen) atoms. The van der Waals surface area contributed by atoms with Crippen LogP contribution in [0.5, 0.6) is 5.75 Å². The first kappa shape index (κ1) is 19.7. The molecule has 0 amide bonds. The maximum absolute atomic E-state index is 12.3. The van der Waals surface area contributed by atoms with Crippen LogP contribution in [0.1, 0.15) is 28.4 Å². The van der Waals surface area contributed by atoms with Crippen LogP contribution in [0.2, 0.25) is 0 Å². The topological polar surface area (TPSA) is 63.6 Å². The smallest absolute Gasteiger partial charge is 0.343 e. The first-order valence-corrected chi connectivity index (χ1v) is 8.91. The minimum Gasteiger partial charge on any atom is -0.478 e. The molecule has 0 aromatic heterocycles. The molecule has 0 bridgehead atoms. The number of carboxylic acids is 1. The van der Waals surface area contributed by atoms with Crippen LogP contribution in [0.4, 0.5) is 0 Å². The zero-order valence-electron chi connectivity index (χ0n) is 15.8. The number of hydrogen-bond acceptors (Lipinski definition) is 3. The molecule has 0 aliphatic carbocycles. The monoisotopic (exact) mass is 382 g/mol. The van der Waals surface area contributed by atoms with Crippen molar-refractivity contribution in [3.8, 4) is 28.7 Å². The predicted molar refractivity (Wildman–Crippen MR) is 113 cm³/mol. The average Bonchev–Trinajstić information content (AvgIpc) is 2.74. The third kappa shape index (κ3) is 5.44. The number of ether oxygens (including phenoxy) is 1. The van der Waals surface area contributed by atoms with Gasteiger partial charge < -0.3 is 9.84 Å². The number of benzene rings is 3. The normalized spacial score (nSPS) is 10.2. The molecule has 0 fully saturated rings. The van der Waals surface area contributed by atoms with Crippen LogP contribution in [0.15, 0.2) is 78.9 Å². The van der Waals surface area contributed by atoms with E-state index in [1.807, 2.05) is 36.4 Å². The fraction of sp³-hybridized carbons (Fsp3) is 0.0400. The van der Waals surface area contributed by atoms with Crippen molar-refractivity contribution >= 4 is 18.0 Å². The van der Waals surface area contributed by atoms with Gasteiger partial charge in [0.1, 0.15) is 5.75 Å². The van der Waals surface area contributed by atoms with Crippen LogP contribution in [-0.2, 0) is 4.79 Å². The molecule has 3 aromatic rings. The fourth-order valence-electron chi connectivity index (χ4n) is 2.67. The summed E-state index contributed by atoms with van der Waals surface area (Å²) in [6.07, 6.45) is 2.50. The molecule has 0 spiro atoms. The molecular formula is C25H18O4. The Hall–Kier alpha value is -4.10. The number of hydrogen-bond donors (Lipinski definition) is 1. The Morgan fingerprint density at radius 3 is 2.00 bits per heavy atom. The molecule has 0 unspecified atom stereocenters. The number of aliphatic carboxylic acids is 1. The van der Waals surface area contributed by atoms with Gasteiger partial charge in [-0.25, -0.2) is 9.59 Å². The van der Waals surface area contributed by atoms with Crippen LogP contribution in [-0.4, -0.2) is 17.0 Å². The quantitative estimate of drug-likeness (QED) is 0.291. The maximum atomic E-state index is 12.3. The lowest BCUT2D eigenvalue weighted by Crippen LogP contribution is -2.08. The lowest BCUT2D eigenvalue weighted by atomic mass is 10.0. The van der Waals surface area contributed by atoms with Gasteiger partial charge in [-0.05, 0) is 66.1 Å². The summed E-state index contributed by atoms with van der Waals surface area (Å²) in [5.41, 5.74) is 4.09. The van der Waals surface area contributed by atoms with E-state index in [2.05, 4.69) is 11.8 Å². The molecule has 0 atom stereocenters. The van der Waals surface area contributed by atoms with Crippen LogP contribution in [0, 0.1) is 11.8 Å². The van der Waals surface area contributed by atoms with Crippen molar-refractivity contribution in [1.82, 2.24) is 0 Å². The molecule has 0 saturated heterocycles. The SMILES string of the molecule is CC#Cc1ccc(-c2ccc(OC(=O)c3ccc(/C=C/C(=O)O)cc3)cc2)cc1. The summed E-state index contributed by atoms with van der Waals surface area (Å²) in [7, 11) is 0. The minimum absolute atomic E-state index is 0.383. The number of rotatable bonds is 5. The Kier molecular flexibility index (Phi) is 6.24. The van der Waals surface area contributed by atoms with E-state index in [9.17, 15) is 9.59 Å². The van der Waals surface area contributed by atoms with Gasteiger partial charge in [-0.1, -0.05) is 42.3 Å². The molecule has 0 radical (unpaired) electrons. The fourth-order valence-corrected chi connectivity index (χ4v) is 2.67. The third-order valence-electron chi connectivity index (χ3n) is 4.12. The summed E-state index contributed by atoms with van der Waals surface area (Å²) in [6, 6.07) is 21.7. The molecule has 0 aliphatic rings. The Labute approximate surface area is 169 Å². The van der Waals surface area contributed by atoms with Gasteiger partial charge in [-0.2, -0.15) is 0 Å². The van der Waals surface area contributed by atoms with Crippen molar-refractivity contribution < 1.29 is 19.4 Å². The Balaban J connectivity index is 1.66. The summed E-state index contributed by atoms with van der Waals surface area (Å²) in [5.74, 6) is 4.82. The summed E-state index contributed by atoms with van der Waals surface area (Å²) in [6.45, 7) is 1.80. The van der Waals surface area contributed by atoms with Gasteiger partial charge in [-0.3, -0.25) is 0 Å². The maximum Gasteiger partial charge on any atom is 0.343 e. The minimum atomic E-state index is -1.03. The van der Waals surface area contributed by atoms with Gasteiger partial charge in [0.2, 0.25) is 0 Å². The van der Waals surface area contributed by atoms with Crippen molar-refractivity contribution in [2.45, 2.75) is 6.92 Å². The van der Waals surface area contributed by atoms with Gasteiger partial charge in [-0.15, -0.1) is 5.92 Å². The number of carboxylic acid groups (broad SMARTS) is 1. The van der Waals surface area contributed by atoms with Crippen molar-refractivity contribution in [1.29, 1.82) is 0 Å². The lowest BCUT2D eigenvalue weighted by Gasteiger charge is -2.07. The van der Waals surface area contributed by atoms with E-state index in [-0.39, 0.29) is 0 Å². The van der Waals surface area contributed by atoms with Crippen molar-refractivity contribution in [3.63, 3.8) is 0 Å². The Bertz CT molecular complexity index is 1090. The molecule has 142 valence electrons. The lowest BCUT2D eigenvalue weighted by molar-refractivity contribution is -0.131. The van der Waals surface area contributed by atoms with E-state index >= 15 is 0 Å². The van der Waals surface area contributed by atoms with E-state index in [4.69, 9.17) is 9.84 Å². The second kappa shape index (κ2) is 9.20. The molecule has 3 aromatic carbocycles. The van der Waals surface area contributed by atoms with Gasteiger partial charge in [0.15, 0.2) is 0 Å². The Morgan fingerprint density at radius 2 is 1.45 bits per heavy atom. The highest BCUT2D eigenvalue weighted by Crippen LogP contribution is 2.23. The van der Waals surface area contributed by atoms with E-state index < -0.39 is 11.9 Å². The van der Waals surface area contributed by atoms with E-state index in [0.29, 0.717) is 16.9 Å². The van der Waals surface area contributed by atoms with Gasteiger partial charge in [0.25, 0.3) is 0 Å². The van der Waals surface area contributed by atoms with E-state index in [0.717, 1.165) is 22.8 Å². The van der Waals surface area contributed by atoms with Crippen LogP contribution < -0.4 is 4.74 Å². The second-order valence-corrected chi connectivity index (χ2v) is 6.16. The van der Waals surface area contributed by atoms with E-state index in [1.165, 1.54) is 6.08 Å². The number of carbonyl (C=O) groups excluding carboxylic acids is 1. The highest BCUT2D eigenvalue weighted by atomic mass is 16.5. The number of carbonyl (C=O) groups is 2. The largest absolute Gasteiger partial charge is 0.478 e. The summed E-state index contributed by atoms with van der Waals surface area (Å²) in [5, 5.41) is 8.64. The highest BCUT2D eigenvalue weighted by molar-refractivity contribution is 5.91. The average molecular weight is 382 g/mol. The van der Waals surface area contributed by atoms with Crippen molar-refractivity contribution in [2.75, 3.05) is 0 Å². The summed E-state index contributed by atoms with van der Waals surface area (Å²) in [4.78, 5) is 22.8. The van der Waals surface area contributed by atoms with Gasteiger partial charge in [0.05, 0.1) is 5.56 Å². The first-order chi connectivity index (χ1) is 14.0. The van der Waals surface area contributed by atoms with Gasteiger partial charge >= 0.3 is 11.9 Å². The zero-order chi connectivity index (χ0) is 20.6. The molecule has 0 heterocycles. The molecule has 1 N–H and O–H groups in total.